The quantitative estimate of drug-likeness (QED) is 0.844. The lowest BCUT2D eigenvalue weighted by molar-refractivity contribution is 0.0595. The Morgan fingerprint density at radius 1 is 1.36 bits per heavy atom. The van der Waals surface area contributed by atoms with Gasteiger partial charge in [-0.3, -0.25) is 0 Å². The Hall–Kier alpha value is -2.61. The molecule has 0 spiro atoms. The highest BCUT2D eigenvalue weighted by atomic mass is 16.5. The first-order valence-corrected chi connectivity index (χ1v) is 6.83. The molecule has 8 nitrogen and oxygen atoms in total. The molecular formula is C14H15N5O3. The first-order valence-electron chi connectivity index (χ1n) is 6.83. The summed E-state index contributed by atoms with van der Waals surface area (Å²) >= 11 is 0. The third kappa shape index (κ3) is 3.01. The molecule has 0 aromatic carbocycles. The molecule has 1 unspecified atom stereocenters. The van der Waals surface area contributed by atoms with Crippen LogP contribution >= 0.6 is 0 Å². The average molecular weight is 301 g/mol. The molecule has 1 fully saturated rings. The summed E-state index contributed by atoms with van der Waals surface area (Å²) < 4.78 is 10.1. The van der Waals surface area contributed by atoms with Gasteiger partial charge in [0.1, 0.15) is 6.33 Å². The second-order valence-electron chi connectivity index (χ2n) is 4.80. The van der Waals surface area contributed by atoms with Gasteiger partial charge in [0.2, 0.25) is 0 Å². The average Bonchev–Trinajstić information content (AvgIpc) is 3.09. The van der Waals surface area contributed by atoms with E-state index < -0.39 is 5.97 Å². The Bertz CT molecular complexity index is 659. The van der Waals surface area contributed by atoms with E-state index in [0.29, 0.717) is 24.7 Å². The van der Waals surface area contributed by atoms with Crippen molar-refractivity contribution < 1.29 is 14.3 Å². The fourth-order valence-corrected chi connectivity index (χ4v) is 2.20. The largest absolute Gasteiger partial charge is 0.464 e. The molecule has 114 valence electrons. The predicted octanol–water partition coefficient (Wildman–Crippen LogP) is 1.30. The van der Waals surface area contributed by atoms with Crippen LogP contribution in [0.2, 0.25) is 0 Å². The zero-order chi connectivity index (χ0) is 15.4. The van der Waals surface area contributed by atoms with Crippen LogP contribution in [0.15, 0.2) is 24.9 Å². The molecule has 1 N–H and O–H groups in total. The van der Waals surface area contributed by atoms with Crippen molar-refractivity contribution in [1.29, 1.82) is 0 Å². The normalized spacial score (nSPS) is 17.2. The van der Waals surface area contributed by atoms with Gasteiger partial charge in [-0.05, 0) is 6.42 Å². The first kappa shape index (κ1) is 14.3. The number of nitrogens with zero attached hydrogens (tertiary/aromatic N) is 4. The van der Waals surface area contributed by atoms with Crippen molar-refractivity contribution in [2.75, 3.05) is 25.6 Å². The van der Waals surface area contributed by atoms with Gasteiger partial charge in [0.25, 0.3) is 0 Å². The summed E-state index contributed by atoms with van der Waals surface area (Å²) in [5.74, 6) is -0.0427. The highest BCUT2D eigenvalue weighted by molar-refractivity contribution is 5.93. The van der Waals surface area contributed by atoms with Crippen LogP contribution in [0.1, 0.15) is 28.5 Å². The summed E-state index contributed by atoms with van der Waals surface area (Å²) in [5, 5.41) is 3.01. The molecule has 3 heterocycles. The SMILES string of the molecule is COC(=O)c1ncc(C2CCOC2)nc1Nc1cncnc1. The molecule has 3 rings (SSSR count). The van der Waals surface area contributed by atoms with Gasteiger partial charge in [-0.1, -0.05) is 0 Å². The number of esters is 1. The number of aromatic nitrogens is 4. The number of hydrogen-bond acceptors (Lipinski definition) is 8. The number of nitrogens with one attached hydrogen (secondary N) is 1. The van der Waals surface area contributed by atoms with Crippen molar-refractivity contribution in [3.05, 3.63) is 36.3 Å². The summed E-state index contributed by atoms with van der Waals surface area (Å²) in [4.78, 5) is 28.4. The van der Waals surface area contributed by atoms with Crippen molar-refractivity contribution in [1.82, 2.24) is 19.9 Å². The standard InChI is InChI=1S/C14H15N5O3/c1-21-14(20)12-13(18-10-4-15-8-16-5-10)19-11(6-17-12)9-2-3-22-7-9/h4-6,8-9H,2-3,7H2,1H3,(H,18,19). The van der Waals surface area contributed by atoms with Gasteiger partial charge in [0.15, 0.2) is 11.5 Å². The minimum atomic E-state index is -0.555. The van der Waals surface area contributed by atoms with E-state index in [1.54, 1.807) is 18.6 Å². The maximum absolute atomic E-state index is 11.8. The lowest BCUT2D eigenvalue weighted by Gasteiger charge is -2.12. The Morgan fingerprint density at radius 3 is 2.86 bits per heavy atom. The number of methoxy groups -OCH3 is 1. The Balaban J connectivity index is 1.95. The maximum atomic E-state index is 11.8. The number of ether oxygens (including phenoxy) is 2. The van der Waals surface area contributed by atoms with Gasteiger partial charge in [0.05, 0.1) is 37.5 Å². The van der Waals surface area contributed by atoms with Crippen LogP contribution in [0, 0.1) is 0 Å². The fourth-order valence-electron chi connectivity index (χ4n) is 2.20. The number of anilines is 2. The zero-order valence-corrected chi connectivity index (χ0v) is 12.0. The third-order valence-electron chi connectivity index (χ3n) is 3.34. The van der Waals surface area contributed by atoms with Gasteiger partial charge in [-0.25, -0.2) is 24.7 Å². The van der Waals surface area contributed by atoms with Crippen LogP contribution in [0.5, 0.6) is 0 Å². The number of hydrogen-bond donors (Lipinski definition) is 1. The van der Waals surface area contributed by atoms with E-state index in [2.05, 4.69) is 25.3 Å². The molecule has 0 amide bonds. The molecule has 0 saturated carbocycles. The topological polar surface area (TPSA) is 99.1 Å². The summed E-state index contributed by atoms with van der Waals surface area (Å²) in [6.07, 6.45) is 7.07. The summed E-state index contributed by atoms with van der Waals surface area (Å²) in [5.41, 5.74) is 1.51. The third-order valence-corrected chi connectivity index (χ3v) is 3.34. The highest BCUT2D eigenvalue weighted by Gasteiger charge is 2.23. The molecule has 22 heavy (non-hydrogen) atoms. The van der Waals surface area contributed by atoms with Crippen molar-refractivity contribution >= 4 is 17.5 Å². The molecule has 1 atom stereocenters. The van der Waals surface area contributed by atoms with Crippen molar-refractivity contribution in [2.24, 2.45) is 0 Å². The Labute approximate surface area is 126 Å². The van der Waals surface area contributed by atoms with E-state index in [-0.39, 0.29) is 11.6 Å². The minimum Gasteiger partial charge on any atom is -0.464 e. The maximum Gasteiger partial charge on any atom is 0.360 e. The summed E-state index contributed by atoms with van der Waals surface area (Å²) in [6, 6.07) is 0. The predicted molar refractivity (Wildman–Crippen MR) is 76.9 cm³/mol. The zero-order valence-electron chi connectivity index (χ0n) is 12.0. The molecule has 8 heteroatoms. The van der Waals surface area contributed by atoms with Crippen LogP contribution < -0.4 is 5.32 Å². The molecule has 0 bridgehead atoms. The van der Waals surface area contributed by atoms with E-state index in [1.807, 2.05) is 0 Å². The molecular weight excluding hydrogens is 286 g/mol. The number of carbonyl (C=O) groups is 1. The monoisotopic (exact) mass is 301 g/mol. The molecule has 0 aliphatic carbocycles. The van der Waals surface area contributed by atoms with E-state index in [9.17, 15) is 4.79 Å². The van der Waals surface area contributed by atoms with Crippen LogP contribution in [-0.2, 0) is 9.47 Å². The van der Waals surface area contributed by atoms with Crippen LogP contribution in [0.3, 0.4) is 0 Å². The first-order chi connectivity index (χ1) is 10.8. The van der Waals surface area contributed by atoms with E-state index >= 15 is 0 Å². The Kier molecular flexibility index (Phi) is 4.19. The molecule has 1 aliphatic heterocycles. The minimum absolute atomic E-state index is 0.119. The van der Waals surface area contributed by atoms with Gasteiger partial charge in [0, 0.05) is 18.7 Å². The molecule has 2 aromatic rings. The molecule has 0 radical (unpaired) electrons. The van der Waals surface area contributed by atoms with Gasteiger partial charge in [-0.15, -0.1) is 0 Å². The molecule has 1 saturated heterocycles. The van der Waals surface area contributed by atoms with E-state index in [1.165, 1.54) is 13.4 Å². The van der Waals surface area contributed by atoms with Gasteiger partial charge in [-0.2, -0.15) is 0 Å². The fraction of sp³-hybridized carbons (Fsp3) is 0.357. The van der Waals surface area contributed by atoms with Crippen molar-refractivity contribution in [2.45, 2.75) is 12.3 Å². The number of rotatable bonds is 4. The molecule has 1 aliphatic rings. The van der Waals surface area contributed by atoms with Gasteiger partial charge >= 0.3 is 5.97 Å². The second-order valence-corrected chi connectivity index (χ2v) is 4.80. The van der Waals surface area contributed by atoms with Crippen LogP contribution in [0.25, 0.3) is 0 Å². The summed E-state index contributed by atoms with van der Waals surface area (Å²) in [7, 11) is 1.30. The lowest BCUT2D eigenvalue weighted by atomic mass is 10.1. The van der Waals surface area contributed by atoms with Crippen molar-refractivity contribution in [3.63, 3.8) is 0 Å². The lowest BCUT2D eigenvalue weighted by Crippen LogP contribution is -2.13. The number of carbonyl (C=O) groups excluding carboxylic acids is 1. The summed E-state index contributed by atoms with van der Waals surface area (Å²) in [6.45, 7) is 1.32. The smallest absolute Gasteiger partial charge is 0.360 e. The molecule has 2 aromatic heterocycles. The van der Waals surface area contributed by atoms with Crippen LogP contribution in [0.4, 0.5) is 11.5 Å². The van der Waals surface area contributed by atoms with Gasteiger partial charge < -0.3 is 14.8 Å². The Morgan fingerprint density at radius 2 is 2.18 bits per heavy atom. The van der Waals surface area contributed by atoms with Crippen molar-refractivity contribution in [3.8, 4) is 0 Å². The van der Waals surface area contributed by atoms with Crippen LogP contribution in [-0.4, -0.2) is 46.2 Å². The van der Waals surface area contributed by atoms with E-state index in [4.69, 9.17) is 9.47 Å². The highest BCUT2D eigenvalue weighted by Crippen LogP contribution is 2.26. The van der Waals surface area contributed by atoms with E-state index in [0.717, 1.165) is 12.1 Å². The second kappa shape index (κ2) is 6.44.